The van der Waals surface area contributed by atoms with E-state index in [2.05, 4.69) is 0 Å². The molecule has 0 saturated heterocycles. The first-order valence-electron chi connectivity index (χ1n) is 0. The van der Waals surface area contributed by atoms with Gasteiger partial charge in [0.25, 0.3) is 0 Å². The van der Waals surface area contributed by atoms with Gasteiger partial charge in [0.15, 0.2) is 0 Å². The molecule has 0 nitrogen and oxygen atoms in total. The van der Waals surface area contributed by atoms with E-state index in [1.54, 1.807) is 0 Å². The Morgan fingerprint density at radius 3 is 0.500 bits per heavy atom. The summed E-state index contributed by atoms with van der Waals surface area (Å²) in [5.74, 6) is 0. The third-order valence-corrected chi connectivity index (χ3v) is 0. The zero-order chi connectivity index (χ0) is 0. The van der Waals surface area contributed by atoms with Gasteiger partial charge in [-0.1, -0.05) is 0 Å². The Kier molecular flexibility index (Phi) is 152. The zero-order valence-corrected chi connectivity index (χ0v) is 9.95. The van der Waals surface area contributed by atoms with E-state index < -0.39 is 0 Å². The van der Waals surface area contributed by atoms with Crippen LogP contribution in [-0.4, -0.2) is 26.6 Å². The Morgan fingerprint density at radius 1 is 0.500 bits per heavy atom. The van der Waals surface area contributed by atoms with E-state index in [0.29, 0.717) is 0 Å². The summed E-state index contributed by atoms with van der Waals surface area (Å²) < 4.78 is 0. The van der Waals surface area contributed by atoms with Gasteiger partial charge in [0.2, 0.25) is 0 Å². The Bertz CT molecular complexity index is 3.25. The number of hydrogen-bond donors (Lipinski definition) is 0. The van der Waals surface area contributed by atoms with Crippen molar-refractivity contribution in [1.82, 2.24) is 0 Å². The van der Waals surface area contributed by atoms with E-state index in [9.17, 15) is 0 Å². The monoisotopic (exact) mass is 449 g/mol. The van der Waals surface area contributed by atoms with E-state index in [-0.39, 0.29) is 77.5 Å². The van der Waals surface area contributed by atoms with Crippen LogP contribution in [0.15, 0.2) is 0 Å². The minimum atomic E-state index is 0. The second kappa shape index (κ2) is 18.4. The average molecular weight is 452 g/mol. The van der Waals surface area contributed by atoms with Crippen LogP contribution in [0.25, 0.3) is 0 Å². The van der Waals surface area contributed by atoms with Gasteiger partial charge in [-0.05, 0) is 0 Å². The molecule has 0 saturated carbocycles. The van der Waals surface area contributed by atoms with E-state index in [4.69, 9.17) is 0 Å². The topological polar surface area (TPSA) is 0 Å². The van der Waals surface area contributed by atoms with E-state index in [0.717, 1.165) is 0 Å². The second-order valence-electron chi connectivity index (χ2n) is 0. The van der Waals surface area contributed by atoms with Crippen LogP contribution in [0.1, 0.15) is 0 Å². The summed E-state index contributed by atoms with van der Waals surface area (Å²) in [6, 6.07) is 0. The molecule has 0 aliphatic heterocycles. The van der Waals surface area contributed by atoms with Gasteiger partial charge in [-0.2, -0.15) is 0 Å². The third kappa shape index (κ3) is 8.84. The van der Waals surface area contributed by atoms with E-state index in [1.807, 2.05) is 0 Å². The molecule has 0 atom stereocenters. The van der Waals surface area contributed by atoms with Crippen molar-refractivity contribution in [2.45, 2.75) is 0 Å². The summed E-state index contributed by atoms with van der Waals surface area (Å²) in [5.41, 5.74) is 0. The molecule has 0 aromatic rings. The summed E-state index contributed by atoms with van der Waals surface area (Å²) in [4.78, 5) is 0. The average Bonchev–Trinajstić information content (AvgIpc) is 0. The van der Waals surface area contributed by atoms with Crippen LogP contribution >= 0.6 is 50.9 Å². The van der Waals surface area contributed by atoms with Crippen LogP contribution in [0.3, 0.4) is 0 Å². The number of halogens is 3. The summed E-state index contributed by atoms with van der Waals surface area (Å²) in [7, 11) is 0. The molecule has 0 amide bonds. The molecule has 0 rings (SSSR count). The molecule has 4 heteroatoms. The Morgan fingerprint density at radius 2 is 0.500 bits per heavy atom. The van der Waals surface area contributed by atoms with Crippen molar-refractivity contribution < 1.29 is 0 Å². The van der Waals surface area contributed by atoms with Crippen LogP contribution in [0.4, 0.5) is 0 Å². The molecule has 0 aromatic heterocycles. The quantitative estimate of drug-likeness (QED) is 0.522. The van der Waals surface area contributed by atoms with Crippen LogP contribution in [0.2, 0.25) is 0 Å². The largest absolute Gasteiger partial charge is 0.114 e. The molecule has 0 aliphatic rings. The minimum Gasteiger partial charge on any atom is -0.114 e. The van der Waals surface area contributed by atoms with Crippen molar-refractivity contribution in [1.29, 1.82) is 0 Å². The van der Waals surface area contributed by atoms with Crippen molar-refractivity contribution in [2.75, 3.05) is 0 Å². The number of rotatable bonds is 0. The molecule has 0 fully saturated rings. The molecule has 0 aromatic carbocycles. The Labute approximate surface area is 76.5 Å². The molecule has 0 unspecified atom stereocenters. The normalized spacial score (nSPS) is 0. The van der Waals surface area contributed by atoms with Gasteiger partial charge in [-0.3, -0.25) is 0 Å². The molecule has 0 spiro atoms. The molecule has 0 heterocycles. The number of hydrogen-bond acceptors (Lipinski definition) is 0. The molecule has 0 aliphatic carbocycles. The van der Waals surface area contributed by atoms with E-state index in [1.165, 1.54) is 0 Å². The molecular weight excluding hydrogens is 449 g/mol. The first-order chi connectivity index (χ1) is 0. The molecule has 4 heavy (non-hydrogen) atoms. The van der Waals surface area contributed by atoms with Crippen LogP contribution < -0.4 is 0 Å². The molecule has 0 N–H and O–H groups in total. The minimum absolute atomic E-state index is 0. The fourth-order valence-electron chi connectivity index (χ4n) is 0. The van der Waals surface area contributed by atoms with Crippen LogP contribution in [-0.2, 0) is 0 Å². The fraction of sp³-hybridized carbons (Fsp3) is 0. The maximum atomic E-state index is 0. The van der Waals surface area contributed by atoms with Crippen molar-refractivity contribution in [2.24, 2.45) is 0 Å². The van der Waals surface area contributed by atoms with Crippen molar-refractivity contribution >= 4 is 77.5 Å². The summed E-state index contributed by atoms with van der Waals surface area (Å²) in [5, 5.41) is 0. The molecule has 30 valence electrons. The second-order valence-corrected chi connectivity index (χ2v) is 0. The first kappa shape index (κ1) is 33.1. The van der Waals surface area contributed by atoms with Gasteiger partial charge in [0, 0.05) is 26.6 Å². The van der Waals surface area contributed by atoms with Crippen molar-refractivity contribution in [3.8, 4) is 0 Å². The van der Waals surface area contributed by atoms with Gasteiger partial charge in [-0.25, -0.2) is 0 Å². The Balaban J connectivity index is 0. The van der Waals surface area contributed by atoms with Gasteiger partial charge in [0.1, 0.15) is 0 Å². The Hall–Kier alpha value is 2.34. The van der Waals surface area contributed by atoms with Gasteiger partial charge < -0.3 is 0 Å². The van der Waals surface area contributed by atoms with E-state index >= 15 is 0 Å². The van der Waals surface area contributed by atoms with Gasteiger partial charge in [-0.15, -0.1) is 50.9 Å². The SMILES string of the molecule is Br.Br.Br.[Po]. The van der Waals surface area contributed by atoms with Crippen molar-refractivity contribution in [3.63, 3.8) is 0 Å². The maximum Gasteiger partial charge on any atom is 0 e. The van der Waals surface area contributed by atoms with Crippen molar-refractivity contribution in [3.05, 3.63) is 0 Å². The van der Waals surface area contributed by atoms with Crippen LogP contribution in [0, 0.1) is 0 Å². The fourth-order valence-corrected chi connectivity index (χ4v) is 0. The smallest absolute Gasteiger partial charge is 0 e. The predicted octanol–water partition coefficient (Wildman–Crippen LogP) is 1.35. The standard InChI is InChI=1S/3BrH.Po/h3*1H;. The summed E-state index contributed by atoms with van der Waals surface area (Å²) in [6.45, 7) is 0. The molecular formula is H3Br3Po. The molecule has 0 bridgehead atoms. The molecule has 2 radical (unpaired) electrons. The zero-order valence-electron chi connectivity index (χ0n) is 1.63. The third-order valence-electron chi connectivity index (χ3n) is 0. The first-order valence-corrected chi connectivity index (χ1v) is 0. The van der Waals surface area contributed by atoms with Crippen LogP contribution in [0.5, 0.6) is 0 Å². The summed E-state index contributed by atoms with van der Waals surface area (Å²) >= 11 is 0. The van der Waals surface area contributed by atoms with Gasteiger partial charge >= 0.3 is 0 Å². The summed E-state index contributed by atoms with van der Waals surface area (Å²) in [6.07, 6.45) is 0. The maximum absolute atomic E-state index is 0. The predicted molar refractivity (Wildman–Crippen MR) is 36.7 cm³/mol. The van der Waals surface area contributed by atoms with Gasteiger partial charge in [0.05, 0.1) is 0 Å².